The smallest absolute Gasteiger partial charge is 0.344 e. The number of aliphatic imine (C=N–C) groups is 1. The van der Waals surface area contributed by atoms with Crippen molar-refractivity contribution in [1.29, 1.82) is 0 Å². The third-order valence-electron chi connectivity index (χ3n) is 4.66. The number of carbonyl (C=O) groups excluding carboxylic acids is 2. The molecule has 6 nitrogen and oxygen atoms in total. The molecule has 0 radical (unpaired) electrons. The number of amides is 1. The molecule has 0 atom stereocenters. The van der Waals surface area contributed by atoms with E-state index in [1.807, 2.05) is 62.3 Å². The number of esters is 1. The molecule has 1 heterocycles. The normalized spacial score (nSPS) is 16.1. The van der Waals surface area contributed by atoms with Crippen LogP contribution in [0.4, 0.5) is 5.69 Å². The molecule has 2 aromatic carbocycles. The fourth-order valence-corrected chi connectivity index (χ4v) is 3.99. The van der Waals surface area contributed by atoms with Crippen molar-refractivity contribution in [2.45, 2.75) is 13.8 Å². The lowest BCUT2D eigenvalue weighted by Crippen LogP contribution is -2.14. The Labute approximate surface area is 185 Å². The van der Waals surface area contributed by atoms with Gasteiger partial charge in [0.15, 0.2) is 0 Å². The summed E-state index contributed by atoms with van der Waals surface area (Å²) in [5.41, 5.74) is 3.01. The van der Waals surface area contributed by atoms with E-state index < -0.39 is 11.9 Å². The van der Waals surface area contributed by atoms with E-state index in [1.165, 1.54) is 0 Å². The van der Waals surface area contributed by atoms with Crippen molar-refractivity contribution in [3.8, 4) is 0 Å². The van der Waals surface area contributed by atoms with Gasteiger partial charge in [0.1, 0.15) is 16.4 Å². The molecule has 0 aromatic heterocycles. The van der Waals surface area contributed by atoms with Gasteiger partial charge in [-0.15, -0.1) is 0 Å². The standard InChI is InChI=1S/C24H24N2O4S/c1-5-30-24(29)20-21(27)19(14-16-10-12-17(13-11-16)26(3)4)31-23(20)25-22(28)18-9-7-6-8-15(18)2/h6-14,27H,5H2,1-4H3/b19-14-,25-23?. The summed E-state index contributed by atoms with van der Waals surface area (Å²) >= 11 is 1.07. The van der Waals surface area contributed by atoms with Crippen LogP contribution in [0.2, 0.25) is 0 Å². The van der Waals surface area contributed by atoms with E-state index in [4.69, 9.17) is 4.74 Å². The van der Waals surface area contributed by atoms with Crippen molar-refractivity contribution in [1.82, 2.24) is 0 Å². The molecule has 2 aromatic rings. The molecule has 0 fully saturated rings. The number of rotatable bonds is 5. The Morgan fingerprint density at radius 2 is 1.81 bits per heavy atom. The average Bonchev–Trinajstić information content (AvgIpc) is 3.03. The molecule has 0 saturated heterocycles. The Hall–Kier alpha value is -3.32. The van der Waals surface area contributed by atoms with E-state index in [0.29, 0.717) is 10.5 Å². The van der Waals surface area contributed by atoms with Crippen LogP contribution < -0.4 is 4.90 Å². The van der Waals surface area contributed by atoms with E-state index in [-0.39, 0.29) is 23.0 Å². The third kappa shape index (κ3) is 5.06. The first-order valence-electron chi connectivity index (χ1n) is 9.78. The van der Waals surface area contributed by atoms with Gasteiger partial charge in [0.25, 0.3) is 5.91 Å². The number of carbonyl (C=O) groups is 2. The SMILES string of the molecule is CCOC(=O)C1=C(O)/C(=C/c2ccc(N(C)C)cc2)SC1=NC(=O)c1ccccc1C. The average molecular weight is 437 g/mol. The first-order chi connectivity index (χ1) is 14.8. The molecule has 0 aliphatic carbocycles. The summed E-state index contributed by atoms with van der Waals surface area (Å²) in [5, 5.41) is 10.9. The van der Waals surface area contributed by atoms with E-state index in [0.717, 1.165) is 28.6 Å². The summed E-state index contributed by atoms with van der Waals surface area (Å²) in [6.45, 7) is 3.64. The molecule has 1 aliphatic rings. The minimum atomic E-state index is -0.713. The van der Waals surface area contributed by atoms with E-state index in [2.05, 4.69) is 4.99 Å². The van der Waals surface area contributed by atoms with Crippen LogP contribution in [-0.4, -0.2) is 42.7 Å². The maximum atomic E-state index is 12.7. The second-order valence-electron chi connectivity index (χ2n) is 7.08. The van der Waals surface area contributed by atoms with Gasteiger partial charge in [-0.2, -0.15) is 0 Å². The van der Waals surface area contributed by atoms with Gasteiger partial charge < -0.3 is 14.7 Å². The van der Waals surface area contributed by atoms with Crippen molar-refractivity contribution >= 4 is 40.4 Å². The zero-order valence-electron chi connectivity index (χ0n) is 17.9. The first-order valence-corrected chi connectivity index (χ1v) is 10.6. The topological polar surface area (TPSA) is 79.2 Å². The Morgan fingerprint density at radius 3 is 2.42 bits per heavy atom. The van der Waals surface area contributed by atoms with Crippen LogP contribution in [0.3, 0.4) is 0 Å². The van der Waals surface area contributed by atoms with Crippen LogP contribution in [0.15, 0.2) is 69.8 Å². The van der Waals surface area contributed by atoms with Gasteiger partial charge in [0.05, 0.1) is 11.5 Å². The van der Waals surface area contributed by atoms with Crippen LogP contribution in [0.5, 0.6) is 0 Å². The second kappa shape index (κ2) is 9.66. The number of hydrogen-bond donors (Lipinski definition) is 1. The van der Waals surface area contributed by atoms with Crippen molar-refractivity contribution in [3.63, 3.8) is 0 Å². The Bertz CT molecular complexity index is 1100. The molecule has 1 amide bonds. The van der Waals surface area contributed by atoms with Gasteiger partial charge >= 0.3 is 5.97 Å². The molecular weight excluding hydrogens is 412 g/mol. The fourth-order valence-electron chi connectivity index (χ4n) is 2.98. The molecule has 0 unspecified atom stereocenters. The molecule has 160 valence electrons. The largest absolute Gasteiger partial charge is 0.506 e. The predicted molar refractivity (Wildman–Crippen MR) is 126 cm³/mol. The number of nitrogens with zero attached hydrogens (tertiary/aromatic N) is 2. The molecular formula is C24H24N2O4S. The number of aliphatic hydroxyl groups excluding tert-OH is 1. The molecule has 3 rings (SSSR count). The summed E-state index contributed by atoms with van der Waals surface area (Å²) in [6, 6.07) is 14.8. The zero-order valence-corrected chi connectivity index (χ0v) is 18.7. The van der Waals surface area contributed by atoms with E-state index in [9.17, 15) is 14.7 Å². The predicted octanol–water partition coefficient (Wildman–Crippen LogP) is 4.76. The summed E-state index contributed by atoms with van der Waals surface area (Å²) < 4.78 is 5.08. The molecule has 7 heteroatoms. The Morgan fingerprint density at radius 1 is 1.13 bits per heavy atom. The minimum absolute atomic E-state index is 0.0926. The summed E-state index contributed by atoms with van der Waals surface area (Å²) in [4.78, 5) is 31.8. The summed E-state index contributed by atoms with van der Waals surface area (Å²) in [5.74, 6) is -1.43. The first kappa shape index (κ1) is 22.4. The molecule has 0 spiro atoms. The number of aryl methyl sites for hydroxylation is 1. The van der Waals surface area contributed by atoms with E-state index >= 15 is 0 Å². The Kier molecular flexibility index (Phi) is 6.97. The van der Waals surface area contributed by atoms with Crippen LogP contribution in [0.1, 0.15) is 28.4 Å². The van der Waals surface area contributed by atoms with Gasteiger partial charge in [-0.1, -0.05) is 42.1 Å². The highest BCUT2D eigenvalue weighted by Crippen LogP contribution is 2.39. The lowest BCUT2D eigenvalue weighted by molar-refractivity contribution is -0.138. The number of benzene rings is 2. The van der Waals surface area contributed by atoms with Gasteiger partial charge in [-0.3, -0.25) is 4.79 Å². The molecule has 31 heavy (non-hydrogen) atoms. The minimum Gasteiger partial charge on any atom is -0.506 e. The van der Waals surface area contributed by atoms with Crippen LogP contribution in [0, 0.1) is 6.92 Å². The quantitative estimate of drug-likeness (QED) is 0.681. The molecule has 1 aliphatic heterocycles. The number of thioether (sulfide) groups is 1. The zero-order chi connectivity index (χ0) is 22.5. The summed E-state index contributed by atoms with van der Waals surface area (Å²) in [7, 11) is 3.91. The molecule has 1 N–H and O–H groups in total. The number of aliphatic hydroxyl groups is 1. The van der Waals surface area contributed by atoms with Crippen LogP contribution in [0.25, 0.3) is 6.08 Å². The number of hydrogen-bond acceptors (Lipinski definition) is 6. The van der Waals surface area contributed by atoms with Crippen molar-refractivity contribution in [2.24, 2.45) is 4.99 Å². The van der Waals surface area contributed by atoms with Gasteiger partial charge in [-0.25, -0.2) is 9.79 Å². The lowest BCUT2D eigenvalue weighted by Gasteiger charge is -2.11. The monoisotopic (exact) mass is 436 g/mol. The molecule has 0 saturated carbocycles. The second-order valence-corrected chi connectivity index (χ2v) is 8.11. The van der Waals surface area contributed by atoms with Crippen molar-refractivity contribution in [3.05, 3.63) is 81.5 Å². The highest BCUT2D eigenvalue weighted by molar-refractivity contribution is 8.18. The molecule has 0 bridgehead atoms. The van der Waals surface area contributed by atoms with Gasteiger partial charge in [-0.05, 0) is 49.2 Å². The Balaban J connectivity index is 1.99. The van der Waals surface area contributed by atoms with Crippen LogP contribution >= 0.6 is 11.8 Å². The van der Waals surface area contributed by atoms with E-state index in [1.54, 1.807) is 25.1 Å². The highest BCUT2D eigenvalue weighted by atomic mass is 32.2. The van der Waals surface area contributed by atoms with Gasteiger partial charge in [0, 0.05) is 25.3 Å². The lowest BCUT2D eigenvalue weighted by atomic mass is 10.1. The third-order valence-corrected chi connectivity index (χ3v) is 5.68. The van der Waals surface area contributed by atoms with Gasteiger partial charge in [0.2, 0.25) is 0 Å². The highest BCUT2D eigenvalue weighted by Gasteiger charge is 2.34. The maximum absolute atomic E-state index is 12.7. The van der Waals surface area contributed by atoms with Crippen molar-refractivity contribution < 1.29 is 19.4 Å². The summed E-state index contributed by atoms with van der Waals surface area (Å²) in [6.07, 6.45) is 1.75. The fraction of sp³-hybridized carbons (Fsp3) is 0.208. The number of anilines is 1. The maximum Gasteiger partial charge on any atom is 0.344 e. The van der Waals surface area contributed by atoms with Crippen LogP contribution in [-0.2, 0) is 9.53 Å². The number of ether oxygens (including phenoxy) is 1. The van der Waals surface area contributed by atoms with Crippen molar-refractivity contribution in [2.75, 3.05) is 25.6 Å².